The minimum atomic E-state index is -0.199. The summed E-state index contributed by atoms with van der Waals surface area (Å²) >= 11 is 3.69. The maximum Gasteiger partial charge on any atom is 0.260 e. The number of hydrogen-bond acceptors (Lipinski definition) is 5. The molecule has 0 bridgehead atoms. The molecular formula is C21H23IN2O3S. The normalized spacial score (nSPS) is 17.5. The lowest BCUT2D eigenvalue weighted by molar-refractivity contribution is -0.116. The summed E-state index contributed by atoms with van der Waals surface area (Å²) in [6, 6.07) is 12.1. The number of amides is 1. The highest BCUT2D eigenvalue weighted by atomic mass is 127. The Morgan fingerprint density at radius 2 is 2.00 bits per heavy atom. The second kappa shape index (κ2) is 9.56. The maximum atomic E-state index is 12.4. The Morgan fingerprint density at radius 1 is 1.25 bits per heavy atom. The first kappa shape index (κ1) is 20.9. The molecule has 148 valence electrons. The van der Waals surface area contributed by atoms with E-state index >= 15 is 0 Å². The molecule has 0 aromatic heterocycles. The number of nitrogens with one attached hydrogen (secondary N) is 2. The number of carbonyl (C=O) groups is 1. The quantitative estimate of drug-likeness (QED) is 0.412. The van der Waals surface area contributed by atoms with Crippen molar-refractivity contribution in [3.63, 3.8) is 0 Å². The molecule has 0 saturated carbocycles. The molecule has 0 unspecified atom stereocenters. The third-order valence-corrected chi connectivity index (χ3v) is 6.06. The van der Waals surface area contributed by atoms with E-state index in [1.165, 1.54) is 17.3 Å². The van der Waals surface area contributed by atoms with Crippen LogP contribution < -0.4 is 20.1 Å². The molecule has 1 fully saturated rings. The lowest BCUT2D eigenvalue weighted by atomic mass is 10.1. The number of ether oxygens (including phenoxy) is 2. The zero-order valence-electron chi connectivity index (χ0n) is 16.0. The summed E-state index contributed by atoms with van der Waals surface area (Å²) in [5.74, 6) is 1.30. The van der Waals surface area contributed by atoms with E-state index in [0.717, 1.165) is 27.0 Å². The van der Waals surface area contributed by atoms with Crippen molar-refractivity contribution in [3.8, 4) is 11.5 Å². The van der Waals surface area contributed by atoms with E-state index in [0.29, 0.717) is 17.3 Å². The fraction of sp³-hybridized carbons (Fsp3) is 0.286. The minimum absolute atomic E-state index is 0.0875. The third-order valence-electron chi connectivity index (χ3n) is 4.23. The van der Waals surface area contributed by atoms with Gasteiger partial charge in [0.2, 0.25) is 0 Å². The van der Waals surface area contributed by atoms with E-state index in [9.17, 15) is 4.79 Å². The molecule has 7 heteroatoms. The molecule has 3 rings (SSSR count). The second-order valence-corrected chi connectivity index (χ2v) is 8.45. The van der Waals surface area contributed by atoms with E-state index in [1.807, 2.05) is 37.3 Å². The molecule has 5 nitrogen and oxygen atoms in total. The van der Waals surface area contributed by atoms with Gasteiger partial charge in [-0.1, -0.05) is 30.8 Å². The zero-order chi connectivity index (χ0) is 20.1. The van der Waals surface area contributed by atoms with Crippen molar-refractivity contribution in [2.24, 2.45) is 0 Å². The van der Waals surface area contributed by atoms with E-state index < -0.39 is 0 Å². The molecule has 1 heterocycles. The fourth-order valence-electron chi connectivity index (χ4n) is 2.81. The van der Waals surface area contributed by atoms with Gasteiger partial charge in [-0.25, -0.2) is 0 Å². The first-order chi connectivity index (χ1) is 13.5. The van der Waals surface area contributed by atoms with Crippen LogP contribution in [0.1, 0.15) is 25.0 Å². The molecule has 2 aromatic carbocycles. The van der Waals surface area contributed by atoms with E-state index in [1.54, 1.807) is 7.11 Å². The SMILES string of the molecule is CCOc1c(I)cc(/C=C2/S[C@H](Nc3ccc(CC)cc3)NC2=O)cc1OC. The summed E-state index contributed by atoms with van der Waals surface area (Å²) in [6.07, 6.45) is 2.88. The molecular weight excluding hydrogens is 487 g/mol. The third kappa shape index (κ3) is 4.94. The van der Waals surface area contributed by atoms with Crippen molar-refractivity contribution in [1.29, 1.82) is 0 Å². The van der Waals surface area contributed by atoms with Crippen LogP contribution in [0.25, 0.3) is 6.08 Å². The predicted octanol–water partition coefficient (Wildman–Crippen LogP) is 4.86. The summed E-state index contributed by atoms with van der Waals surface area (Å²) in [7, 11) is 1.62. The molecule has 1 saturated heterocycles. The van der Waals surface area contributed by atoms with E-state index in [-0.39, 0.29) is 11.4 Å². The van der Waals surface area contributed by atoms with Crippen molar-refractivity contribution in [2.45, 2.75) is 25.8 Å². The van der Waals surface area contributed by atoms with Crippen molar-refractivity contribution in [3.05, 3.63) is 56.0 Å². The maximum absolute atomic E-state index is 12.4. The number of thioether (sulfide) groups is 1. The molecule has 0 spiro atoms. The lowest BCUT2D eigenvalue weighted by Gasteiger charge is -2.13. The van der Waals surface area contributed by atoms with Crippen LogP contribution >= 0.6 is 34.4 Å². The number of carbonyl (C=O) groups excluding carboxylic acids is 1. The summed E-state index contributed by atoms with van der Waals surface area (Å²) in [5.41, 5.74) is 2.96. The Morgan fingerprint density at radius 3 is 2.64 bits per heavy atom. The molecule has 28 heavy (non-hydrogen) atoms. The molecule has 2 aromatic rings. The Bertz CT molecular complexity index is 884. The molecule has 0 radical (unpaired) electrons. The number of rotatable bonds is 7. The number of methoxy groups -OCH3 is 1. The monoisotopic (exact) mass is 510 g/mol. The van der Waals surface area contributed by atoms with Gasteiger partial charge in [-0.05, 0) is 77.4 Å². The molecule has 1 aliphatic heterocycles. The van der Waals surface area contributed by atoms with Gasteiger partial charge in [0.05, 0.1) is 22.2 Å². The van der Waals surface area contributed by atoms with E-state index in [2.05, 4.69) is 52.3 Å². The van der Waals surface area contributed by atoms with Gasteiger partial charge in [-0.2, -0.15) is 0 Å². The van der Waals surface area contributed by atoms with Crippen LogP contribution in [0, 0.1) is 3.57 Å². The number of benzene rings is 2. The van der Waals surface area contributed by atoms with Crippen LogP contribution in [0.15, 0.2) is 41.3 Å². The molecule has 0 aliphatic carbocycles. The van der Waals surface area contributed by atoms with Gasteiger partial charge >= 0.3 is 0 Å². The highest BCUT2D eigenvalue weighted by Crippen LogP contribution is 2.36. The van der Waals surface area contributed by atoms with Gasteiger partial charge in [0.25, 0.3) is 5.91 Å². The Kier molecular flexibility index (Phi) is 7.12. The molecule has 2 N–H and O–H groups in total. The van der Waals surface area contributed by atoms with Gasteiger partial charge in [-0.15, -0.1) is 0 Å². The number of hydrogen-bond donors (Lipinski definition) is 2. The Hall–Kier alpha value is -1.87. The van der Waals surface area contributed by atoms with Crippen molar-refractivity contribution in [1.82, 2.24) is 5.32 Å². The molecule has 1 atom stereocenters. The average Bonchev–Trinajstić information content (AvgIpc) is 3.03. The number of aryl methyl sites for hydroxylation is 1. The Labute approximate surface area is 183 Å². The smallest absolute Gasteiger partial charge is 0.260 e. The van der Waals surface area contributed by atoms with Gasteiger partial charge < -0.3 is 20.1 Å². The predicted molar refractivity (Wildman–Crippen MR) is 124 cm³/mol. The second-order valence-electron chi connectivity index (χ2n) is 6.14. The van der Waals surface area contributed by atoms with Crippen LogP contribution in [0.5, 0.6) is 11.5 Å². The highest BCUT2D eigenvalue weighted by Gasteiger charge is 2.27. The zero-order valence-corrected chi connectivity index (χ0v) is 19.0. The Balaban J connectivity index is 1.75. The summed E-state index contributed by atoms with van der Waals surface area (Å²) in [4.78, 5) is 13.0. The standard InChI is InChI=1S/C21H23IN2O3S/c1-4-13-6-8-15(9-7-13)23-21-24-20(25)18(28-21)12-14-10-16(22)19(27-5-2)17(11-14)26-3/h6-12,21,23H,4-5H2,1-3H3,(H,24,25)/b18-12+/t21-/m1/s1. The van der Waals surface area contributed by atoms with Gasteiger partial charge in [-0.3, -0.25) is 4.79 Å². The summed E-state index contributed by atoms with van der Waals surface area (Å²) in [5, 5.41) is 6.31. The largest absolute Gasteiger partial charge is 0.493 e. The molecule has 1 amide bonds. The van der Waals surface area contributed by atoms with Gasteiger partial charge in [0.15, 0.2) is 17.0 Å². The highest BCUT2D eigenvalue weighted by molar-refractivity contribution is 14.1. The number of halogens is 1. The first-order valence-corrected chi connectivity index (χ1v) is 11.0. The average molecular weight is 510 g/mol. The van der Waals surface area contributed by atoms with Gasteiger partial charge in [0, 0.05) is 5.69 Å². The van der Waals surface area contributed by atoms with Crippen LogP contribution in [0.4, 0.5) is 5.69 Å². The molecule has 1 aliphatic rings. The topological polar surface area (TPSA) is 59.6 Å². The lowest BCUT2D eigenvalue weighted by Crippen LogP contribution is -2.30. The van der Waals surface area contributed by atoms with Crippen LogP contribution in [0.3, 0.4) is 0 Å². The summed E-state index contributed by atoms with van der Waals surface area (Å²) in [6.45, 7) is 4.63. The van der Waals surface area contributed by atoms with Gasteiger partial charge in [0.1, 0.15) is 0 Å². The van der Waals surface area contributed by atoms with Crippen LogP contribution in [-0.4, -0.2) is 25.1 Å². The van der Waals surface area contributed by atoms with Crippen molar-refractivity contribution < 1.29 is 14.3 Å². The van der Waals surface area contributed by atoms with E-state index in [4.69, 9.17) is 9.47 Å². The van der Waals surface area contributed by atoms with Crippen LogP contribution in [0.2, 0.25) is 0 Å². The fourth-order valence-corrected chi connectivity index (χ4v) is 4.58. The van der Waals surface area contributed by atoms with Crippen molar-refractivity contribution >= 4 is 52.0 Å². The van der Waals surface area contributed by atoms with Crippen molar-refractivity contribution in [2.75, 3.05) is 19.0 Å². The number of anilines is 1. The minimum Gasteiger partial charge on any atom is -0.493 e. The first-order valence-electron chi connectivity index (χ1n) is 9.09. The van der Waals surface area contributed by atoms with Crippen LogP contribution in [-0.2, 0) is 11.2 Å². The summed E-state index contributed by atoms with van der Waals surface area (Å²) < 4.78 is 12.1.